The number of hydrogen-bond acceptors (Lipinski definition) is 5. The predicted molar refractivity (Wildman–Crippen MR) is 50.0 cm³/mol. The van der Waals surface area contributed by atoms with Crippen molar-refractivity contribution in [3.63, 3.8) is 0 Å². The van der Waals surface area contributed by atoms with Gasteiger partial charge in [-0.1, -0.05) is 6.58 Å². The van der Waals surface area contributed by atoms with Gasteiger partial charge in [0, 0.05) is 12.5 Å². The van der Waals surface area contributed by atoms with E-state index in [0.29, 0.717) is 0 Å². The fourth-order valence-electron chi connectivity index (χ4n) is 0.716. The highest BCUT2D eigenvalue weighted by Gasteiger charge is 2.07. The van der Waals surface area contributed by atoms with Crippen LogP contribution in [0.25, 0.3) is 0 Å². The Labute approximate surface area is 87.1 Å². The van der Waals surface area contributed by atoms with Gasteiger partial charge in [-0.15, -0.1) is 0 Å². The lowest BCUT2D eigenvalue weighted by Gasteiger charge is -2.10. The van der Waals surface area contributed by atoms with Crippen LogP contribution in [-0.4, -0.2) is 41.7 Å². The van der Waals surface area contributed by atoms with Gasteiger partial charge >= 0.3 is 11.9 Å². The van der Waals surface area contributed by atoms with Gasteiger partial charge in [0.1, 0.15) is 6.61 Å². The third kappa shape index (κ3) is 8.92. The molecule has 0 aliphatic heterocycles. The molecule has 86 valence electrons. The quantitative estimate of drug-likeness (QED) is 0.256. The minimum atomic E-state index is -1.15. The summed E-state index contributed by atoms with van der Waals surface area (Å²) in [6, 6.07) is 0. The number of esters is 1. The Balaban J connectivity index is 3.38. The van der Waals surface area contributed by atoms with Gasteiger partial charge < -0.3 is 19.7 Å². The summed E-state index contributed by atoms with van der Waals surface area (Å²) in [7, 11) is 0. The van der Waals surface area contributed by atoms with Gasteiger partial charge in [-0.25, -0.2) is 4.79 Å². The van der Waals surface area contributed by atoms with Crippen molar-refractivity contribution < 1.29 is 29.3 Å². The standard InChI is InChI=1S/C9H14O6/c1-2-8(12)14-5-6-15-9(13)4-3-7(10)11/h2,9,13H,1,3-6H2,(H,10,11). The predicted octanol–water partition coefficient (Wildman–Crippen LogP) is -0.0846. The number of aliphatic hydroxyl groups is 1. The van der Waals surface area contributed by atoms with Gasteiger partial charge in [0.2, 0.25) is 0 Å². The van der Waals surface area contributed by atoms with Crippen LogP contribution in [-0.2, 0) is 19.1 Å². The van der Waals surface area contributed by atoms with E-state index in [2.05, 4.69) is 11.3 Å². The molecule has 6 nitrogen and oxygen atoms in total. The van der Waals surface area contributed by atoms with Crippen LogP contribution in [0.1, 0.15) is 12.8 Å². The number of aliphatic hydroxyl groups excluding tert-OH is 1. The van der Waals surface area contributed by atoms with Crippen molar-refractivity contribution in [2.45, 2.75) is 19.1 Å². The van der Waals surface area contributed by atoms with E-state index in [0.717, 1.165) is 6.08 Å². The summed E-state index contributed by atoms with van der Waals surface area (Å²) >= 11 is 0. The van der Waals surface area contributed by atoms with Crippen molar-refractivity contribution in [1.29, 1.82) is 0 Å². The van der Waals surface area contributed by atoms with Crippen LogP contribution in [0, 0.1) is 0 Å². The lowest BCUT2D eigenvalue weighted by atomic mass is 10.3. The fourth-order valence-corrected chi connectivity index (χ4v) is 0.716. The van der Waals surface area contributed by atoms with E-state index in [1.54, 1.807) is 0 Å². The zero-order valence-corrected chi connectivity index (χ0v) is 8.22. The van der Waals surface area contributed by atoms with Crippen molar-refractivity contribution >= 4 is 11.9 Å². The third-order valence-electron chi connectivity index (χ3n) is 1.41. The van der Waals surface area contributed by atoms with E-state index in [1.165, 1.54) is 0 Å². The molecule has 0 fully saturated rings. The molecule has 0 saturated heterocycles. The molecule has 0 saturated carbocycles. The van der Waals surface area contributed by atoms with Crippen LogP contribution >= 0.6 is 0 Å². The van der Waals surface area contributed by atoms with Gasteiger partial charge in [0.25, 0.3) is 0 Å². The molecule has 0 aromatic heterocycles. The molecule has 0 radical (unpaired) electrons. The first-order chi connectivity index (χ1) is 7.06. The van der Waals surface area contributed by atoms with Gasteiger partial charge in [0.05, 0.1) is 13.0 Å². The Hall–Kier alpha value is -1.40. The van der Waals surface area contributed by atoms with Gasteiger partial charge in [-0.2, -0.15) is 0 Å². The molecule has 0 aromatic rings. The number of carbonyl (C=O) groups is 2. The molecule has 0 heterocycles. The molecule has 0 rings (SSSR count). The van der Waals surface area contributed by atoms with Crippen LogP contribution in [0.3, 0.4) is 0 Å². The average Bonchev–Trinajstić information content (AvgIpc) is 2.21. The number of carbonyl (C=O) groups excluding carboxylic acids is 1. The molecular weight excluding hydrogens is 204 g/mol. The lowest BCUT2D eigenvalue weighted by molar-refractivity contribution is -0.149. The number of carboxylic acids is 1. The highest BCUT2D eigenvalue weighted by Crippen LogP contribution is 1.98. The third-order valence-corrected chi connectivity index (χ3v) is 1.41. The Bertz CT molecular complexity index is 225. The van der Waals surface area contributed by atoms with E-state index < -0.39 is 18.2 Å². The molecular formula is C9H14O6. The topological polar surface area (TPSA) is 93.1 Å². The highest BCUT2D eigenvalue weighted by molar-refractivity contribution is 5.81. The summed E-state index contributed by atoms with van der Waals surface area (Å²) in [4.78, 5) is 20.7. The summed E-state index contributed by atoms with van der Waals surface area (Å²) < 4.78 is 9.33. The van der Waals surface area contributed by atoms with E-state index in [4.69, 9.17) is 14.9 Å². The first-order valence-electron chi connectivity index (χ1n) is 4.37. The largest absolute Gasteiger partial charge is 0.481 e. The van der Waals surface area contributed by atoms with Crippen LogP contribution in [0.5, 0.6) is 0 Å². The summed E-state index contributed by atoms with van der Waals surface area (Å²) in [5.74, 6) is -1.57. The van der Waals surface area contributed by atoms with Crippen molar-refractivity contribution in [2.24, 2.45) is 0 Å². The first-order valence-corrected chi connectivity index (χ1v) is 4.37. The van der Waals surface area contributed by atoms with Gasteiger partial charge in [-0.3, -0.25) is 4.79 Å². The van der Waals surface area contributed by atoms with Gasteiger partial charge in [0.15, 0.2) is 6.29 Å². The molecule has 1 unspecified atom stereocenters. The van der Waals surface area contributed by atoms with E-state index in [9.17, 15) is 9.59 Å². The number of carboxylic acid groups (broad SMARTS) is 1. The van der Waals surface area contributed by atoms with E-state index in [-0.39, 0.29) is 26.1 Å². The summed E-state index contributed by atoms with van der Waals surface area (Å²) in [6.45, 7) is 3.20. The molecule has 15 heavy (non-hydrogen) atoms. The molecule has 1 atom stereocenters. The van der Waals surface area contributed by atoms with E-state index in [1.807, 2.05) is 0 Å². The Kier molecular flexibility index (Phi) is 7.21. The molecule has 2 N–H and O–H groups in total. The van der Waals surface area contributed by atoms with Crippen LogP contribution < -0.4 is 0 Å². The van der Waals surface area contributed by atoms with E-state index >= 15 is 0 Å². The van der Waals surface area contributed by atoms with Crippen LogP contribution in [0.4, 0.5) is 0 Å². The maximum absolute atomic E-state index is 10.5. The van der Waals surface area contributed by atoms with Gasteiger partial charge in [-0.05, 0) is 0 Å². The summed E-state index contributed by atoms with van der Waals surface area (Å²) in [6.07, 6.45) is -0.303. The Morgan fingerprint density at radius 2 is 2.07 bits per heavy atom. The molecule has 6 heteroatoms. The zero-order valence-electron chi connectivity index (χ0n) is 8.22. The molecule has 0 amide bonds. The SMILES string of the molecule is C=CC(=O)OCCOC(O)CCC(=O)O. The maximum atomic E-state index is 10.5. The molecule has 0 bridgehead atoms. The normalized spacial score (nSPS) is 11.8. The number of hydrogen-bond donors (Lipinski definition) is 2. The zero-order chi connectivity index (χ0) is 11.7. The molecule has 0 aliphatic carbocycles. The Morgan fingerprint density at radius 1 is 1.40 bits per heavy atom. The second-order valence-corrected chi connectivity index (χ2v) is 2.63. The minimum Gasteiger partial charge on any atom is -0.481 e. The lowest BCUT2D eigenvalue weighted by Crippen LogP contribution is -2.17. The van der Waals surface area contributed by atoms with Crippen molar-refractivity contribution in [2.75, 3.05) is 13.2 Å². The van der Waals surface area contributed by atoms with Crippen LogP contribution in [0.2, 0.25) is 0 Å². The number of rotatable bonds is 8. The smallest absolute Gasteiger partial charge is 0.330 e. The number of aliphatic carboxylic acids is 1. The molecule has 0 aromatic carbocycles. The van der Waals surface area contributed by atoms with Crippen LogP contribution in [0.15, 0.2) is 12.7 Å². The summed E-state index contributed by atoms with van der Waals surface area (Å²) in [5.41, 5.74) is 0. The average molecular weight is 218 g/mol. The van der Waals surface area contributed by atoms with Crippen molar-refractivity contribution in [1.82, 2.24) is 0 Å². The maximum Gasteiger partial charge on any atom is 0.330 e. The second kappa shape index (κ2) is 7.95. The fraction of sp³-hybridized carbons (Fsp3) is 0.556. The summed E-state index contributed by atoms with van der Waals surface area (Å²) in [5, 5.41) is 17.4. The highest BCUT2D eigenvalue weighted by atomic mass is 16.6. The first kappa shape index (κ1) is 13.6. The second-order valence-electron chi connectivity index (χ2n) is 2.63. The Morgan fingerprint density at radius 3 is 2.60 bits per heavy atom. The van der Waals surface area contributed by atoms with Crippen molar-refractivity contribution in [3.8, 4) is 0 Å². The monoisotopic (exact) mass is 218 g/mol. The molecule has 0 spiro atoms. The van der Waals surface area contributed by atoms with Crippen molar-refractivity contribution in [3.05, 3.63) is 12.7 Å². The molecule has 0 aliphatic rings. The minimum absolute atomic E-state index is 0.00470. The number of ether oxygens (including phenoxy) is 2.